The number of rotatable bonds is 8. The monoisotopic (exact) mass is 230 g/mol. The van der Waals surface area contributed by atoms with Crippen LogP contribution >= 0.6 is 0 Å². The molecule has 0 aliphatic heterocycles. The molecule has 0 unspecified atom stereocenters. The van der Waals surface area contributed by atoms with Crippen molar-refractivity contribution in [2.75, 3.05) is 40.8 Å². The van der Waals surface area contributed by atoms with Crippen LogP contribution in [0.15, 0.2) is 0 Å². The zero-order valence-corrected chi connectivity index (χ0v) is 11.3. The van der Waals surface area contributed by atoms with Gasteiger partial charge in [-0.3, -0.25) is 4.79 Å². The lowest BCUT2D eigenvalue weighted by Crippen LogP contribution is -2.30. The van der Waals surface area contributed by atoms with Gasteiger partial charge in [-0.1, -0.05) is 0 Å². The first-order valence-electron chi connectivity index (χ1n) is 5.82. The summed E-state index contributed by atoms with van der Waals surface area (Å²) in [7, 11) is 6.19. The Labute approximate surface area is 99.2 Å². The van der Waals surface area contributed by atoms with E-state index in [0.717, 1.165) is 32.5 Å². The van der Waals surface area contributed by atoms with E-state index in [1.165, 1.54) is 0 Å². The lowest BCUT2D eigenvalue weighted by atomic mass is 9.88. The Bertz CT molecular complexity index is 215. The lowest BCUT2D eigenvalue weighted by molar-refractivity contribution is -0.147. The van der Waals surface area contributed by atoms with Crippen LogP contribution in [0.1, 0.15) is 26.7 Å². The fourth-order valence-electron chi connectivity index (χ4n) is 1.38. The van der Waals surface area contributed by atoms with Gasteiger partial charge < -0.3 is 14.9 Å². The van der Waals surface area contributed by atoms with E-state index in [1.54, 1.807) is 13.8 Å². The highest BCUT2D eigenvalue weighted by molar-refractivity contribution is 5.73. The normalized spacial score (nSPS) is 12.4. The first kappa shape index (κ1) is 15.4. The molecule has 0 aliphatic carbocycles. The molecule has 0 aliphatic rings. The SMILES string of the molecule is CN(C)CCN(C)CCCC(C)(C)C(=O)O. The molecular weight excluding hydrogens is 204 g/mol. The van der Waals surface area contributed by atoms with Gasteiger partial charge in [-0.2, -0.15) is 0 Å². The Hall–Kier alpha value is -0.610. The van der Waals surface area contributed by atoms with Gasteiger partial charge in [0.2, 0.25) is 0 Å². The predicted molar refractivity (Wildman–Crippen MR) is 66.7 cm³/mol. The van der Waals surface area contributed by atoms with Gasteiger partial charge in [-0.05, 0) is 54.4 Å². The standard InChI is InChI=1S/C12H26N2O2/c1-12(2,11(15)16)7-6-8-14(5)10-9-13(3)4/h6-10H2,1-5H3,(H,15,16). The van der Waals surface area contributed by atoms with Gasteiger partial charge in [0, 0.05) is 13.1 Å². The number of nitrogens with zero attached hydrogens (tertiary/aromatic N) is 2. The van der Waals surface area contributed by atoms with Crippen LogP contribution in [0.5, 0.6) is 0 Å². The van der Waals surface area contributed by atoms with Crippen LogP contribution in [0.2, 0.25) is 0 Å². The van der Waals surface area contributed by atoms with E-state index >= 15 is 0 Å². The minimum Gasteiger partial charge on any atom is -0.481 e. The molecule has 0 radical (unpaired) electrons. The van der Waals surface area contributed by atoms with Crippen LogP contribution in [0.25, 0.3) is 0 Å². The molecule has 0 aromatic carbocycles. The minimum absolute atomic E-state index is 0.595. The summed E-state index contributed by atoms with van der Waals surface area (Å²) in [4.78, 5) is 15.3. The second-order valence-corrected chi connectivity index (χ2v) is 5.40. The molecule has 0 heterocycles. The molecule has 16 heavy (non-hydrogen) atoms. The third kappa shape index (κ3) is 6.80. The van der Waals surface area contributed by atoms with Crippen molar-refractivity contribution in [1.29, 1.82) is 0 Å². The number of aliphatic carboxylic acids is 1. The molecule has 4 nitrogen and oxygen atoms in total. The second kappa shape index (κ2) is 6.86. The topological polar surface area (TPSA) is 43.8 Å². The Morgan fingerprint density at radius 1 is 1.12 bits per heavy atom. The molecule has 0 fully saturated rings. The van der Waals surface area contributed by atoms with Crippen molar-refractivity contribution >= 4 is 5.97 Å². The number of hydrogen-bond donors (Lipinski definition) is 1. The largest absolute Gasteiger partial charge is 0.481 e. The average Bonchev–Trinajstić information content (AvgIpc) is 2.14. The zero-order valence-electron chi connectivity index (χ0n) is 11.3. The number of hydrogen-bond acceptors (Lipinski definition) is 3. The number of carboxylic acids is 1. The summed E-state index contributed by atoms with van der Waals surface area (Å²) in [6, 6.07) is 0. The van der Waals surface area contributed by atoms with Crippen molar-refractivity contribution in [2.45, 2.75) is 26.7 Å². The van der Waals surface area contributed by atoms with Crippen molar-refractivity contribution in [3.63, 3.8) is 0 Å². The maximum absolute atomic E-state index is 10.9. The summed E-state index contributed by atoms with van der Waals surface area (Å²) >= 11 is 0. The van der Waals surface area contributed by atoms with Crippen molar-refractivity contribution < 1.29 is 9.90 Å². The van der Waals surface area contributed by atoms with Crippen LogP contribution in [-0.2, 0) is 4.79 Å². The Morgan fingerprint density at radius 3 is 2.12 bits per heavy atom. The van der Waals surface area contributed by atoms with Crippen molar-refractivity contribution in [2.24, 2.45) is 5.41 Å². The lowest BCUT2D eigenvalue weighted by Gasteiger charge is -2.22. The molecule has 0 saturated carbocycles. The molecule has 4 heteroatoms. The van der Waals surface area contributed by atoms with Crippen LogP contribution in [0.4, 0.5) is 0 Å². The Morgan fingerprint density at radius 2 is 1.69 bits per heavy atom. The van der Waals surface area contributed by atoms with Gasteiger partial charge in [0.1, 0.15) is 0 Å². The molecule has 0 atom stereocenters. The van der Waals surface area contributed by atoms with Gasteiger partial charge in [-0.25, -0.2) is 0 Å². The third-order valence-corrected chi connectivity index (χ3v) is 2.85. The van der Waals surface area contributed by atoms with Crippen LogP contribution in [0, 0.1) is 5.41 Å². The average molecular weight is 230 g/mol. The molecule has 0 spiro atoms. The van der Waals surface area contributed by atoms with E-state index < -0.39 is 11.4 Å². The van der Waals surface area contributed by atoms with E-state index in [2.05, 4.69) is 30.9 Å². The molecule has 0 aromatic rings. The highest BCUT2D eigenvalue weighted by Gasteiger charge is 2.26. The van der Waals surface area contributed by atoms with E-state index in [1.807, 2.05) is 0 Å². The smallest absolute Gasteiger partial charge is 0.309 e. The van der Waals surface area contributed by atoms with Crippen LogP contribution in [-0.4, -0.2) is 61.7 Å². The van der Waals surface area contributed by atoms with Crippen molar-refractivity contribution in [3.05, 3.63) is 0 Å². The summed E-state index contributed by atoms with van der Waals surface area (Å²) in [5, 5.41) is 8.96. The molecule has 0 amide bonds. The quantitative estimate of drug-likeness (QED) is 0.684. The highest BCUT2D eigenvalue weighted by atomic mass is 16.4. The molecule has 96 valence electrons. The Kier molecular flexibility index (Phi) is 6.60. The van der Waals surface area contributed by atoms with Gasteiger partial charge in [-0.15, -0.1) is 0 Å². The van der Waals surface area contributed by atoms with Crippen LogP contribution in [0.3, 0.4) is 0 Å². The third-order valence-electron chi connectivity index (χ3n) is 2.85. The van der Waals surface area contributed by atoms with Gasteiger partial charge in [0.05, 0.1) is 5.41 Å². The van der Waals surface area contributed by atoms with Crippen LogP contribution < -0.4 is 0 Å². The fourth-order valence-corrected chi connectivity index (χ4v) is 1.38. The van der Waals surface area contributed by atoms with Gasteiger partial charge in [0.15, 0.2) is 0 Å². The summed E-state index contributed by atoms with van der Waals surface area (Å²) in [6.45, 7) is 6.61. The van der Waals surface area contributed by atoms with E-state index in [0.29, 0.717) is 0 Å². The highest BCUT2D eigenvalue weighted by Crippen LogP contribution is 2.22. The molecule has 1 N–H and O–H groups in total. The summed E-state index contributed by atoms with van der Waals surface area (Å²) in [5.41, 5.74) is -0.595. The van der Waals surface area contributed by atoms with Crippen molar-refractivity contribution in [1.82, 2.24) is 9.80 Å². The van der Waals surface area contributed by atoms with E-state index in [-0.39, 0.29) is 0 Å². The Balaban J connectivity index is 3.69. The predicted octanol–water partition coefficient (Wildman–Crippen LogP) is 1.37. The summed E-state index contributed by atoms with van der Waals surface area (Å²) < 4.78 is 0. The second-order valence-electron chi connectivity index (χ2n) is 5.40. The first-order valence-corrected chi connectivity index (χ1v) is 5.82. The molecule has 0 saturated heterocycles. The molecular formula is C12H26N2O2. The molecule has 0 aromatic heterocycles. The minimum atomic E-state index is -0.705. The van der Waals surface area contributed by atoms with E-state index in [4.69, 9.17) is 5.11 Å². The van der Waals surface area contributed by atoms with E-state index in [9.17, 15) is 4.79 Å². The molecule has 0 rings (SSSR count). The zero-order chi connectivity index (χ0) is 12.8. The molecule has 0 bridgehead atoms. The fraction of sp³-hybridized carbons (Fsp3) is 0.917. The number of carbonyl (C=O) groups is 1. The maximum Gasteiger partial charge on any atom is 0.309 e. The number of carboxylic acid groups (broad SMARTS) is 1. The maximum atomic E-state index is 10.9. The number of likely N-dealkylation sites (N-methyl/N-ethyl adjacent to an activating group) is 2. The van der Waals surface area contributed by atoms with Gasteiger partial charge in [0.25, 0.3) is 0 Å². The van der Waals surface area contributed by atoms with Crippen molar-refractivity contribution in [3.8, 4) is 0 Å². The first-order chi connectivity index (χ1) is 7.25. The summed E-state index contributed by atoms with van der Waals surface area (Å²) in [6.07, 6.45) is 1.66. The summed E-state index contributed by atoms with van der Waals surface area (Å²) in [5.74, 6) is -0.705. The van der Waals surface area contributed by atoms with Gasteiger partial charge >= 0.3 is 5.97 Å².